The van der Waals surface area contributed by atoms with Gasteiger partial charge in [-0.3, -0.25) is 4.79 Å². The Kier molecular flexibility index (Phi) is 6.09. The van der Waals surface area contributed by atoms with E-state index in [2.05, 4.69) is 11.6 Å². The van der Waals surface area contributed by atoms with Crippen molar-refractivity contribution in [3.63, 3.8) is 0 Å². The molecule has 0 aromatic carbocycles. The summed E-state index contributed by atoms with van der Waals surface area (Å²) in [5.41, 5.74) is 0.485. The van der Waals surface area contributed by atoms with Crippen LogP contribution in [-0.4, -0.2) is 21.9 Å². The summed E-state index contributed by atoms with van der Waals surface area (Å²) in [6.07, 6.45) is 3.05. The molecule has 0 bridgehead atoms. The summed E-state index contributed by atoms with van der Waals surface area (Å²) in [4.78, 5) is 15.4. The Morgan fingerprint density at radius 1 is 1.60 bits per heavy atom. The van der Waals surface area contributed by atoms with E-state index in [9.17, 15) is 4.79 Å². The second kappa shape index (κ2) is 6.81. The highest BCUT2D eigenvalue weighted by atomic mass is 16.5. The van der Waals surface area contributed by atoms with Crippen molar-refractivity contribution >= 4 is 5.78 Å². The first-order chi connectivity index (χ1) is 7.16. The highest BCUT2D eigenvalue weighted by Crippen LogP contribution is 2.06. The summed E-state index contributed by atoms with van der Waals surface area (Å²) < 4.78 is 6.63. The molecule has 4 nitrogen and oxygen atoms in total. The van der Waals surface area contributed by atoms with Gasteiger partial charge in [-0.05, 0) is 6.92 Å². The predicted octanol–water partition coefficient (Wildman–Crippen LogP) is 2.18. The number of hydrogen-bond acceptors (Lipinski definition) is 3. The van der Waals surface area contributed by atoms with E-state index in [1.807, 2.05) is 20.8 Å². The van der Waals surface area contributed by atoms with Crippen LogP contribution in [0.25, 0.3) is 0 Å². The Morgan fingerprint density at radius 2 is 2.20 bits per heavy atom. The summed E-state index contributed by atoms with van der Waals surface area (Å²) >= 11 is 0. The summed E-state index contributed by atoms with van der Waals surface area (Å²) in [7, 11) is 1.75. The second-order valence-electron chi connectivity index (χ2n) is 2.58. The van der Waals surface area contributed by atoms with Crippen LogP contribution >= 0.6 is 0 Å². The van der Waals surface area contributed by atoms with Crippen molar-refractivity contribution in [2.24, 2.45) is 7.05 Å². The van der Waals surface area contributed by atoms with Gasteiger partial charge >= 0.3 is 0 Å². The van der Waals surface area contributed by atoms with Gasteiger partial charge in [0, 0.05) is 7.05 Å². The van der Waals surface area contributed by atoms with Crippen LogP contribution in [0.2, 0.25) is 0 Å². The Morgan fingerprint density at radius 3 is 2.60 bits per heavy atom. The molecule has 0 aliphatic carbocycles. The molecule has 0 aliphatic rings. The third-order valence-electron chi connectivity index (χ3n) is 1.62. The molecule has 0 saturated carbocycles. The number of allylic oxidation sites excluding steroid dienone is 1. The molecule has 0 saturated heterocycles. The van der Waals surface area contributed by atoms with Crippen LogP contribution in [0.4, 0.5) is 0 Å². The summed E-state index contributed by atoms with van der Waals surface area (Å²) in [6.45, 7) is 9.78. The molecule has 4 heteroatoms. The van der Waals surface area contributed by atoms with Crippen LogP contribution in [0, 0.1) is 0 Å². The van der Waals surface area contributed by atoms with E-state index in [1.54, 1.807) is 17.9 Å². The van der Waals surface area contributed by atoms with E-state index >= 15 is 0 Å². The molecule has 0 radical (unpaired) electrons. The maximum atomic E-state index is 11.5. The molecule has 0 spiro atoms. The minimum absolute atomic E-state index is 0.158. The highest BCUT2D eigenvalue weighted by molar-refractivity contribution is 6.05. The lowest BCUT2D eigenvalue weighted by atomic mass is 10.2. The highest BCUT2D eigenvalue weighted by Gasteiger charge is 2.14. The Balaban J connectivity index is 0.000000921. The standard InChI is InChI=1S/C9H12N2O2.C2H6/c1-4-13-7(2)9(12)8-5-10-6-11(8)3;1-2/h5-6H,2,4H2,1,3H3;1-2H3. The number of rotatable bonds is 4. The van der Waals surface area contributed by atoms with Gasteiger partial charge in [0.25, 0.3) is 0 Å². The second-order valence-corrected chi connectivity index (χ2v) is 2.58. The molecule has 1 heterocycles. The lowest BCUT2D eigenvalue weighted by Crippen LogP contribution is -2.09. The van der Waals surface area contributed by atoms with E-state index in [-0.39, 0.29) is 11.5 Å². The summed E-state index contributed by atoms with van der Waals surface area (Å²) in [5.74, 6) is -0.0621. The first-order valence-corrected chi connectivity index (χ1v) is 4.99. The number of ketones is 1. The number of aryl methyl sites for hydroxylation is 1. The maximum absolute atomic E-state index is 11.5. The largest absolute Gasteiger partial charge is 0.490 e. The average Bonchev–Trinajstić information content (AvgIpc) is 2.67. The monoisotopic (exact) mass is 210 g/mol. The van der Waals surface area contributed by atoms with Crippen molar-refractivity contribution in [3.8, 4) is 0 Å². The van der Waals surface area contributed by atoms with Gasteiger partial charge in [-0.15, -0.1) is 0 Å². The van der Waals surface area contributed by atoms with E-state index < -0.39 is 0 Å². The van der Waals surface area contributed by atoms with Crippen LogP contribution in [0.1, 0.15) is 31.3 Å². The van der Waals surface area contributed by atoms with E-state index in [0.29, 0.717) is 12.3 Å². The van der Waals surface area contributed by atoms with Gasteiger partial charge in [-0.2, -0.15) is 0 Å². The van der Waals surface area contributed by atoms with Crippen LogP contribution in [-0.2, 0) is 11.8 Å². The number of imidazole rings is 1. The molecule has 0 fully saturated rings. The molecule has 1 rings (SSSR count). The van der Waals surface area contributed by atoms with Crippen LogP contribution in [0.3, 0.4) is 0 Å². The smallest absolute Gasteiger partial charge is 0.244 e. The molecule has 0 atom stereocenters. The van der Waals surface area contributed by atoms with Crippen molar-refractivity contribution in [2.45, 2.75) is 20.8 Å². The fourth-order valence-corrected chi connectivity index (χ4v) is 0.959. The first kappa shape index (κ1) is 13.4. The molecule has 15 heavy (non-hydrogen) atoms. The van der Waals surface area contributed by atoms with Crippen LogP contribution in [0.5, 0.6) is 0 Å². The molecule has 0 aliphatic heterocycles. The van der Waals surface area contributed by atoms with Crippen molar-refractivity contribution in [3.05, 3.63) is 30.6 Å². The fraction of sp³-hybridized carbons (Fsp3) is 0.455. The lowest BCUT2D eigenvalue weighted by molar-refractivity contribution is 0.0921. The van der Waals surface area contributed by atoms with Gasteiger partial charge < -0.3 is 9.30 Å². The third kappa shape index (κ3) is 3.58. The molecule has 0 amide bonds. The van der Waals surface area contributed by atoms with Gasteiger partial charge in [0.1, 0.15) is 5.69 Å². The van der Waals surface area contributed by atoms with E-state index in [0.717, 1.165) is 0 Å². The quantitative estimate of drug-likeness (QED) is 0.434. The van der Waals surface area contributed by atoms with Crippen LogP contribution in [0.15, 0.2) is 24.9 Å². The number of carbonyl (C=O) groups excluding carboxylic acids is 1. The zero-order valence-corrected chi connectivity index (χ0v) is 9.78. The predicted molar refractivity (Wildman–Crippen MR) is 59.7 cm³/mol. The SMILES string of the molecule is C=C(OCC)C(=O)c1cncn1C.CC. The van der Waals surface area contributed by atoms with Gasteiger partial charge in [0.2, 0.25) is 5.78 Å². The first-order valence-electron chi connectivity index (χ1n) is 4.99. The molecule has 84 valence electrons. The van der Waals surface area contributed by atoms with Crippen molar-refractivity contribution < 1.29 is 9.53 Å². The maximum Gasteiger partial charge on any atom is 0.244 e. The Bertz CT molecular complexity index is 329. The normalized spacial score (nSPS) is 8.80. The fourth-order valence-electron chi connectivity index (χ4n) is 0.959. The zero-order chi connectivity index (χ0) is 11.8. The van der Waals surface area contributed by atoms with E-state index in [1.165, 1.54) is 6.20 Å². The van der Waals surface area contributed by atoms with Crippen molar-refractivity contribution in [1.29, 1.82) is 0 Å². The topological polar surface area (TPSA) is 44.1 Å². The summed E-state index contributed by atoms with van der Waals surface area (Å²) in [6, 6.07) is 0. The Labute approximate surface area is 90.6 Å². The lowest BCUT2D eigenvalue weighted by Gasteiger charge is -2.05. The molecular weight excluding hydrogens is 192 g/mol. The number of nitrogens with zero attached hydrogens (tertiary/aromatic N) is 2. The molecule has 1 aromatic heterocycles. The minimum atomic E-state index is -0.221. The number of Topliss-reactive ketones (excluding diaryl/α,β-unsaturated/α-hetero) is 1. The van der Waals surface area contributed by atoms with Gasteiger partial charge in [0.05, 0.1) is 19.1 Å². The molecule has 1 aromatic rings. The van der Waals surface area contributed by atoms with Gasteiger partial charge in [0.15, 0.2) is 5.76 Å². The number of ether oxygens (including phenoxy) is 1. The zero-order valence-electron chi connectivity index (χ0n) is 9.78. The molecule has 0 N–H and O–H groups in total. The average molecular weight is 210 g/mol. The van der Waals surface area contributed by atoms with E-state index in [4.69, 9.17) is 4.74 Å². The molecular formula is C11H18N2O2. The van der Waals surface area contributed by atoms with Gasteiger partial charge in [-0.1, -0.05) is 20.4 Å². The van der Waals surface area contributed by atoms with Crippen molar-refractivity contribution in [1.82, 2.24) is 9.55 Å². The van der Waals surface area contributed by atoms with Crippen molar-refractivity contribution in [2.75, 3.05) is 6.61 Å². The number of carbonyl (C=O) groups is 1. The third-order valence-corrected chi connectivity index (χ3v) is 1.62. The van der Waals surface area contributed by atoms with Crippen LogP contribution < -0.4 is 0 Å². The number of aromatic nitrogens is 2. The Hall–Kier alpha value is -1.58. The van der Waals surface area contributed by atoms with Gasteiger partial charge in [-0.25, -0.2) is 4.98 Å². The minimum Gasteiger partial charge on any atom is -0.490 e. The summed E-state index contributed by atoms with van der Waals surface area (Å²) in [5, 5.41) is 0. The number of hydrogen-bond donors (Lipinski definition) is 0. The molecule has 0 unspecified atom stereocenters.